The molecule has 2 heterocycles. The first-order valence-electron chi connectivity index (χ1n) is 7.34. The van der Waals surface area contributed by atoms with Crippen molar-refractivity contribution in [3.63, 3.8) is 0 Å². The van der Waals surface area contributed by atoms with Crippen LogP contribution < -0.4 is 10.1 Å². The Morgan fingerprint density at radius 2 is 2.26 bits per heavy atom. The lowest BCUT2D eigenvalue weighted by Gasteiger charge is -2.11. The maximum absolute atomic E-state index is 5.26. The Balaban J connectivity index is 1.66. The zero-order chi connectivity index (χ0) is 16.2. The average molecular weight is 329 g/mol. The molecular formula is C16H19N5OS. The normalized spacial score (nSPS) is 12.3. The van der Waals surface area contributed by atoms with Crippen LogP contribution in [0.4, 0.5) is 0 Å². The predicted octanol–water partition coefficient (Wildman–Crippen LogP) is 2.80. The number of nitrogens with one attached hydrogen (secondary N) is 1. The van der Waals surface area contributed by atoms with Crippen LogP contribution in [0.2, 0.25) is 0 Å². The van der Waals surface area contributed by atoms with Gasteiger partial charge >= 0.3 is 0 Å². The molecule has 1 aromatic carbocycles. The van der Waals surface area contributed by atoms with E-state index in [0.29, 0.717) is 0 Å². The predicted molar refractivity (Wildman–Crippen MR) is 90.4 cm³/mol. The van der Waals surface area contributed by atoms with Crippen molar-refractivity contribution >= 4 is 11.3 Å². The van der Waals surface area contributed by atoms with E-state index >= 15 is 0 Å². The van der Waals surface area contributed by atoms with Crippen molar-refractivity contribution in [2.45, 2.75) is 19.5 Å². The summed E-state index contributed by atoms with van der Waals surface area (Å²) in [7, 11) is 3.62. The van der Waals surface area contributed by atoms with Crippen molar-refractivity contribution in [3.05, 3.63) is 47.5 Å². The molecule has 1 unspecified atom stereocenters. The van der Waals surface area contributed by atoms with Gasteiger partial charge in [-0.05, 0) is 19.1 Å². The van der Waals surface area contributed by atoms with Crippen LogP contribution in [-0.2, 0) is 13.6 Å². The number of ether oxygens (including phenoxy) is 1. The van der Waals surface area contributed by atoms with Gasteiger partial charge in [0.25, 0.3) is 0 Å². The molecule has 0 aliphatic heterocycles. The van der Waals surface area contributed by atoms with Gasteiger partial charge < -0.3 is 14.6 Å². The summed E-state index contributed by atoms with van der Waals surface area (Å²) in [5.41, 5.74) is 1.07. The molecule has 0 amide bonds. The minimum Gasteiger partial charge on any atom is -0.497 e. The number of benzene rings is 1. The van der Waals surface area contributed by atoms with Crippen molar-refractivity contribution in [2.24, 2.45) is 7.05 Å². The van der Waals surface area contributed by atoms with E-state index < -0.39 is 0 Å². The van der Waals surface area contributed by atoms with Crippen molar-refractivity contribution in [1.29, 1.82) is 0 Å². The molecule has 3 rings (SSSR count). The Morgan fingerprint density at radius 3 is 3.00 bits per heavy atom. The molecule has 23 heavy (non-hydrogen) atoms. The van der Waals surface area contributed by atoms with Crippen LogP contribution in [0.25, 0.3) is 10.6 Å². The lowest BCUT2D eigenvalue weighted by Crippen LogP contribution is -2.20. The lowest BCUT2D eigenvalue weighted by atomic mass is 10.2. The first-order valence-corrected chi connectivity index (χ1v) is 8.15. The molecule has 0 spiro atoms. The monoisotopic (exact) mass is 329 g/mol. The van der Waals surface area contributed by atoms with E-state index in [1.165, 1.54) is 4.88 Å². The molecule has 1 atom stereocenters. The fourth-order valence-electron chi connectivity index (χ4n) is 2.31. The SMILES string of the molecule is COc1cccc(-c2ncc(CNC(C)c3nncn3C)s2)c1. The molecule has 0 bridgehead atoms. The van der Waals surface area contributed by atoms with Gasteiger partial charge in [0.15, 0.2) is 0 Å². The number of nitrogens with zero attached hydrogens (tertiary/aromatic N) is 4. The zero-order valence-corrected chi connectivity index (χ0v) is 14.2. The summed E-state index contributed by atoms with van der Waals surface area (Å²) in [6, 6.07) is 8.08. The number of hydrogen-bond donors (Lipinski definition) is 1. The van der Waals surface area contributed by atoms with Gasteiger partial charge in [0.2, 0.25) is 0 Å². The topological polar surface area (TPSA) is 64.9 Å². The molecule has 0 saturated carbocycles. The van der Waals surface area contributed by atoms with E-state index in [-0.39, 0.29) is 6.04 Å². The quantitative estimate of drug-likeness (QED) is 0.753. The number of thiazole rings is 1. The molecular weight excluding hydrogens is 310 g/mol. The average Bonchev–Trinajstić information content (AvgIpc) is 3.21. The Morgan fingerprint density at radius 1 is 1.39 bits per heavy atom. The lowest BCUT2D eigenvalue weighted by molar-refractivity contribution is 0.415. The standard InChI is InChI=1S/C16H19N5OS/c1-11(15-20-19-10-21(15)2)17-8-14-9-18-16(23-14)12-5-4-6-13(7-12)22-3/h4-7,9-11,17H,8H2,1-3H3. The van der Waals surface area contributed by atoms with Gasteiger partial charge in [-0.1, -0.05) is 12.1 Å². The van der Waals surface area contributed by atoms with Crippen LogP contribution in [0.3, 0.4) is 0 Å². The fourth-order valence-corrected chi connectivity index (χ4v) is 3.17. The second-order valence-electron chi connectivity index (χ2n) is 5.27. The smallest absolute Gasteiger partial charge is 0.149 e. The van der Waals surface area contributed by atoms with E-state index in [4.69, 9.17) is 4.74 Å². The first-order chi connectivity index (χ1) is 11.2. The number of aromatic nitrogens is 4. The maximum Gasteiger partial charge on any atom is 0.149 e. The molecule has 0 aliphatic carbocycles. The van der Waals surface area contributed by atoms with Crippen LogP contribution >= 0.6 is 11.3 Å². The molecule has 7 heteroatoms. The maximum atomic E-state index is 5.26. The van der Waals surface area contributed by atoms with Gasteiger partial charge in [-0.2, -0.15) is 0 Å². The van der Waals surface area contributed by atoms with Crippen LogP contribution in [-0.4, -0.2) is 26.9 Å². The molecule has 0 aliphatic rings. The molecule has 0 saturated heterocycles. The third-order valence-electron chi connectivity index (χ3n) is 3.59. The minimum absolute atomic E-state index is 0.130. The largest absolute Gasteiger partial charge is 0.497 e. The third-order valence-corrected chi connectivity index (χ3v) is 4.63. The van der Waals surface area contributed by atoms with E-state index in [9.17, 15) is 0 Å². The number of rotatable bonds is 6. The van der Waals surface area contributed by atoms with Crippen LogP contribution in [0, 0.1) is 0 Å². The van der Waals surface area contributed by atoms with Gasteiger partial charge in [-0.3, -0.25) is 0 Å². The van der Waals surface area contributed by atoms with E-state index in [2.05, 4.69) is 27.4 Å². The van der Waals surface area contributed by atoms with Crippen molar-refractivity contribution in [1.82, 2.24) is 25.1 Å². The fraction of sp³-hybridized carbons (Fsp3) is 0.312. The van der Waals surface area contributed by atoms with E-state index in [0.717, 1.165) is 28.7 Å². The van der Waals surface area contributed by atoms with E-state index in [1.807, 2.05) is 42.1 Å². The van der Waals surface area contributed by atoms with Gasteiger partial charge in [-0.25, -0.2) is 4.98 Å². The minimum atomic E-state index is 0.130. The summed E-state index contributed by atoms with van der Waals surface area (Å²) in [6.07, 6.45) is 3.62. The highest BCUT2D eigenvalue weighted by atomic mass is 32.1. The first kappa shape index (κ1) is 15.6. The van der Waals surface area contributed by atoms with Gasteiger partial charge in [0.1, 0.15) is 22.9 Å². The molecule has 6 nitrogen and oxygen atoms in total. The van der Waals surface area contributed by atoms with Crippen molar-refractivity contribution in [2.75, 3.05) is 7.11 Å². The van der Waals surface area contributed by atoms with Gasteiger partial charge in [0.05, 0.1) is 13.2 Å². The molecule has 2 aromatic heterocycles. The second kappa shape index (κ2) is 6.89. The summed E-state index contributed by atoms with van der Waals surface area (Å²) in [5.74, 6) is 1.76. The zero-order valence-electron chi connectivity index (χ0n) is 13.4. The summed E-state index contributed by atoms with van der Waals surface area (Å²) in [5, 5.41) is 12.5. The highest BCUT2D eigenvalue weighted by Gasteiger charge is 2.12. The Hall–Kier alpha value is -2.25. The summed E-state index contributed by atoms with van der Waals surface area (Å²) >= 11 is 1.68. The Bertz CT molecular complexity index is 782. The van der Waals surface area contributed by atoms with Crippen LogP contribution in [0.1, 0.15) is 23.7 Å². The van der Waals surface area contributed by atoms with Crippen molar-refractivity contribution in [3.8, 4) is 16.3 Å². The summed E-state index contributed by atoms with van der Waals surface area (Å²) in [4.78, 5) is 5.69. The third kappa shape index (κ3) is 3.57. The Kier molecular flexibility index (Phi) is 4.68. The van der Waals surface area contributed by atoms with E-state index in [1.54, 1.807) is 24.8 Å². The van der Waals surface area contributed by atoms with Crippen LogP contribution in [0.5, 0.6) is 5.75 Å². The number of aryl methyl sites for hydroxylation is 1. The number of hydrogen-bond acceptors (Lipinski definition) is 6. The highest BCUT2D eigenvalue weighted by Crippen LogP contribution is 2.28. The molecule has 0 radical (unpaired) electrons. The van der Waals surface area contributed by atoms with Crippen molar-refractivity contribution < 1.29 is 4.74 Å². The molecule has 3 aromatic rings. The van der Waals surface area contributed by atoms with Crippen LogP contribution in [0.15, 0.2) is 36.8 Å². The molecule has 120 valence electrons. The molecule has 1 N–H and O–H groups in total. The molecule has 0 fully saturated rings. The second-order valence-corrected chi connectivity index (χ2v) is 6.38. The number of methoxy groups -OCH3 is 1. The highest BCUT2D eigenvalue weighted by molar-refractivity contribution is 7.15. The summed E-state index contributed by atoms with van der Waals surface area (Å²) in [6.45, 7) is 2.82. The Labute approximate surface area is 139 Å². The summed E-state index contributed by atoms with van der Waals surface area (Å²) < 4.78 is 7.19. The van der Waals surface area contributed by atoms with Gasteiger partial charge in [-0.15, -0.1) is 21.5 Å². The van der Waals surface area contributed by atoms with Gasteiger partial charge in [0, 0.05) is 30.2 Å².